The van der Waals surface area contributed by atoms with Crippen LogP contribution in [0.25, 0.3) is 0 Å². The van der Waals surface area contributed by atoms with Gasteiger partial charge in [0.05, 0.1) is 6.07 Å². The van der Waals surface area contributed by atoms with Gasteiger partial charge in [0.25, 0.3) is 0 Å². The minimum atomic E-state index is -0.791. The molecule has 1 aromatic carbocycles. The largest absolute Gasteiger partial charge is 0.314 e. The number of rotatable bonds is 4. The first-order valence-electron chi connectivity index (χ1n) is 4.62. The van der Waals surface area contributed by atoms with E-state index in [1.807, 2.05) is 12.1 Å². The summed E-state index contributed by atoms with van der Waals surface area (Å²) in [5, 5.41) is 8.69. The van der Waals surface area contributed by atoms with Gasteiger partial charge in [-0.1, -0.05) is 6.07 Å². The summed E-state index contributed by atoms with van der Waals surface area (Å²) in [4.78, 5) is 0.865. The zero-order valence-electron chi connectivity index (χ0n) is 8.53. The van der Waals surface area contributed by atoms with Crippen LogP contribution in [0.5, 0.6) is 0 Å². The first-order valence-corrected chi connectivity index (χ1v) is 5.60. The molecule has 0 aliphatic carbocycles. The van der Waals surface area contributed by atoms with Gasteiger partial charge < -0.3 is 5.73 Å². The number of nitriles is 1. The van der Waals surface area contributed by atoms with Crippen molar-refractivity contribution >= 4 is 11.8 Å². The Morgan fingerprint density at radius 3 is 2.93 bits per heavy atom. The molecule has 0 aliphatic rings. The zero-order valence-corrected chi connectivity index (χ0v) is 9.35. The van der Waals surface area contributed by atoms with E-state index in [2.05, 4.69) is 0 Å². The first kappa shape index (κ1) is 12.0. The van der Waals surface area contributed by atoms with Crippen molar-refractivity contribution in [2.45, 2.75) is 23.8 Å². The monoisotopic (exact) mass is 224 g/mol. The lowest BCUT2D eigenvalue weighted by Crippen LogP contribution is -2.34. The molecule has 1 atom stereocenters. The number of benzene rings is 1. The summed E-state index contributed by atoms with van der Waals surface area (Å²) >= 11 is 1.51. The number of hydrogen-bond acceptors (Lipinski definition) is 3. The highest BCUT2D eigenvalue weighted by Crippen LogP contribution is 2.21. The van der Waals surface area contributed by atoms with Crippen molar-refractivity contribution in [1.82, 2.24) is 0 Å². The third-order valence-corrected chi connectivity index (χ3v) is 2.94. The predicted molar refractivity (Wildman–Crippen MR) is 59.9 cm³/mol. The Labute approximate surface area is 93.3 Å². The van der Waals surface area contributed by atoms with Gasteiger partial charge in [0.1, 0.15) is 11.4 Å². The first-order chi connectivity index (χ1) is 7.03. The molecule has 0 fully saturated rings. The smallest absolute Gasteiger partial charge is 0.124 e. The van der Waals surface area contributed by atoms with E-state index in [0.717, 1.165) is 4.90 Å². The van der Waals surface area contributed by atoms with Crippen molar-refractivity contribution in [3.63, 3.8) is 0 Å². The minimum absolute atomic E-state index is 0.240. The number of hydrogen-bond donors (Lipinski definition) is 1. The van der Waals surface area contributed by atoms with Crippen molar-refractivity contribution in [2.24, 2.45) is 5.73 Å². The average Bonchev–Trinajstić information content (AvgIpc) is 2.18. The summed E-state index contributed by atoms with van der Waals surface area (Å²) in [7, 11) is 0. The van der Waals surface area contributed by atoms with Crippen LogP contribution in [0.1, 0.15) is 13.3 Å². The van der Waals surface area contributed by atoms with Gasteiger partial charge in [0.15, 0.2) is 0 Å². The zero-order chi connectivity index (χ0) is 11.3. The van der Waals surface area contributed by atoms with Gasteiger partial charge in [0, 0.05) is 10.6 Å². The van der Waals surface area contributed by atoms with Crippen LogP contribution in [0.4, 0.5) is 4.39 Å². The van der Waals surface area contributed by atoms with Gasteiger partial charge in [-0.15, -0.1) is 11.8 Å². The Morgan fingerprint density at radius 1 is 1.60 bits per heavy atom. The van der Waals surface area contributed by atoms with E-state index in [1.54, 1.807) is 13.0 Å². The van der Waals surface area contributed by atoms with Crippen LogP contribution in [-0.2, 0) is 0 Å². The fourth-order valence-corrected chi connectivity index (χ4v) is 2.13. The Bertz CT molecular complexity index is 371. The Balaban J connectivity index is 2.42. The maximum absolute atomic E-state index is 12.8. The van der Waals surface area contributed by atoms with E-state index in [1.165, 1.54) is 23.9 Å². The van der Waals surface area contributed by atoms with Crippen LogP contribution < -0.4 is 5.73 Å². The highest BCUT2D eigenvalue weighted by atomic mass is 32.2. The third-order valence-electron chi connectivity index (χ3n) is 1.94. The van der Waals surface area contributed by atoms with Crippen molar-refractivity contribution in [1.29, 1.82) is 5.26 Å². The van der Waals surface area contributed by atoms with Gasteiger partial charge in [0.2, 0.25) is 0 Å². The molecule has 80 valence electrons. The summed E-state index contributed by atoms with van der Waals surface area (Å²) in [6.45, 7) is 1.69. The molecular formula is C11H13FN2S. The van der Waals surface area contributed by atoms with Gasteiger partial charge in [-0.2, -0.15) is 5.26 Å². The van der Waals surface area contributed by atoms with Crippen LogP contribution in [0.2, 0.25) is 0 Å². The highest BCUT2D eigenvalue weighted by Gasteiger charge is 2.16. The van der Waals surface area contributed by atoms with E-state index < -0.39 is 5.54 Å². The molecule has 0 aliphatic heterocycles. The van der Waals surface area contributed by atoms with Crippen LogP contribution in [0, 0.1) is 17.1 Å². The van der Waals surface area contributed by atoms with Crippen molar-refractivity contribution in [2.75, 3.05) is 5.75 Å². The standard InChI is InChI=1S/C11H13FN2S/c1-11(14,8-13)5-6-15-10-4-2-3-9(12)7-10/h2-4,7H,5-6,14H2,1H3. The quantitative estimate of drug-likeness (QED) is 0.799. The summed E-state index contributed by atoms with van der Waals surface area (Å²) in [5.41, 5.74) is 4.87. The SMILES string of the molecule is CC(N)(C#N)CCSc1cccc(F)c1. The summed E-state index contributed by atoms with van der Waals surface area (Å²) in [5.74, 6) is 0.472. The summed E-state index contributed by atoms with van der Waals surface area (Å²) in [6.07, 6.45) is 0.588. The molecule has 1 aromatic rings. The normalized spacial score (nSPS) is 14.3. The number of nitrogens with two attached hydrogens (primary N) is 1. The molecule has 1 rings (SSSR count). The van der Waals surface area contributed by atoms with Crippen molar-refractivity contribution in [3.8, 4) is 6.07 Å². The molecule has 0 spiro atoms. The number of nitrogens with zero attached hydrogens (tertiary/aromatic N) is 1. The predicted octanol–water partition coefficient (Wildman–Crippen LogP) is 2.55. The lowest BCUT2D eigenvalue weighted by atomic mass is 10.0. The minimum Gasteiger partial charge on any atom is -0.314 e. The topological polar surface area (TPSA) is 49.8 Å². The second kappa shape index (κ2) is 5.15. The number of thioether (sulfide) groups is 1. The van der Waals surface area contributed by atoms with E-state index in [0.29, 0.717) is 12.2 Å². The molecule has 2 N–H and O–H groups in total. The van der Waals surface area contributed by atoms with Gasteiger partial charge in [-0.3, -0.25) is 0 Å². The van der Waals surface area contributed by atoms with Crippen LogP contribution in [-0.4, -0.2) is 11.3 Å². The van der Waals surface area contributed by atoms with Gasteiger partial charge in [-0.05, 0) is 31.5 Å². The van der Waals surface area contributed by atoms with Crippen molar-refractivity contribution < 1.29 is 4.39 Å². The molecule has 0 amide bonds. The molecule has 2 nitrogen and oxygen atoms in total. The molecule has 1 unspecified atom stereocenters. The number of halogens is 1. The van der Waals surface area contributed by atoms with Crippen LogP contribution >= 0.6 is 11.8 Å². The molecule has 0 heterocycles. The van der Waals surface area contributed by atoms with Gasteiger partial charge in [-0.25, -0.2) is 4.39 Å². The summed E-state index contributed by atoms with van der Waals surface area (Å²) < 4.78 is 12.8. The molecule has 0 radical (unpaired) electrons. The Kier molecular flexibility index (Phi) is 4.13. The average molecular weight is 224 g/mol. The Morgan fingerprint density at radius 2 is 2.33 bits per heavy atom. The van der Waals surface area contributed by atoms with E-state index >= 15 is 0 Å². The molecule has 15 heavy (non-hydrogen) atoms. The van der Waals surface area contributed by atoms with E-state index in [-0.39, 0.29) is 5.82 Å². The fourth-order valence-electron chi connectivity index (χ4n) is 0.994. The molecule has 4 heteroatoms. The van der Waals surface area contributed by atoms with Crippen LogP contribution in [0.15, 0.2) is 29.2 Å². The lowest BCUT2D eigenvalue weighted by molar-refractivity contribution is 0.583. The third kappa shape index (κ3) is 4.32. The van der Waals surface area contributed by atoms with Gasteiger partial charge >= 0.3 is 0 Å². The second-order valence-electron chi connectivity index (χ2n) is 3.59. The Hall–Kier alpha value is -1.05. The van der Waals surface area contributed by atoms with Crippen molar-refractivity contribution in [3.05, 3.63) is 30.1 Å². The maximum Gasteiger partial charge on any atom is 0.124 e. The molecule has 0 saturated carbocycles. The second-order valence-corrected chi connectivity index (χ2v) is 4.75. The molecular weight excluding hydrogens is 211 g/mol. The van der Waals surface area contributed by atoms with Crippen LogP contribution in [0.3, 0.4) is 0 Å². The molecule has 0 saturated heterocycles. The highest BCUT2D eigenvalue weighted by molar-refractivity contribution is 7.99. The fraction of sp³-hybridized carbons (Fsp3) is 0.364. The summed E-state index contributed by atoms with van der Waals surface area (Å²) in [6, 6.07) is 8.43. The van der Waals surface area contributed by atoms with E-state index in [9.17, 15) is 4.39 Å². The maximum atomic E-state index is 12.8. The molecule has 0 bridgehead atoms. The lowest BCUT2D eigenvalue weighted by Gasteiger charge is -2.14. The van der Waals surface area contributed by atoms with E-state index in [4.69, 9.17) is 11.0 Å². The molecule has 0 aromatic heterocycles.